The molecule has 208 valence electrons. The summed E-state index contributed by atoms with van der Waals surface area (Å²) >= 11 is 0. The van der Waals surface area contributed by atoms with Crippen LogP contribution in [0.4, 0.5) is 11.5 Å². The summed E-state index contributed by atoms with van der Waals surface area (Å²) in [6.07, 6.45) is 7.59. The number of carbonyl (C=O) groups is 1. The summed E-state index contributed by atoms with van der Waals surface area (Å²) in [5, 5.41) is 4.82. The number of fused-ring (bicyclic) bond motifs is 1. The topological polar surface area (TPSA) is 66.2 Å². The van der Waals surface area contributed by atoms with E-state index in [1.165, 1.54) is 5.69 Å². The second kappa shape index (κ2) is 12.0. The van der Waals surface area contributed by atoms with Gasteiger partial charge < -0.3 is 19.4 Å². The van der Waals surface area contributed by atoms with Crippen molar-refractivity contribution < 1.29 is 9.53 Å². The quantitative estimate of drug-likeness (QED) is 0.290. The zero-order chi connectivity index (χ0) is 27.3. The van der Waals surface area contributed by atoms with Gasteiger partial charge in [0.15, 0.2) is 5.82 Å². The minimum Gasteiger partial charge on any atom is -0.494 e. The van der Waals surface area contributed by atoms with Crippen LogP contribution < -0.4 is 14.5 Å². The fraction of sp³-hybridized carbons (Fsp3) is 0.406. The van der Waals surface area contributed by atoms with E-state index >= 15 is 0 Å². The molecule has 2 aliphatic heterocycles. The highest BCUT2D eigenvalue weighted by Gasteiger charge is 2.31. The maximum atomic E-state index is 13.4. The summed E-state index contributed by atoms with van der Waals surface area (Å²) in [6.45, 7) is 7.90. The second-order valence-electron chi connectivity index (χ2n) is 10.7. The highest BCUT2D eigenvalue weighted by molar-refractivity contribution is 5.80. The number of ether oxygens (including phenoxy) is 1. The highest BCUT2D eigenvalue weighted by atomic mass is 16.5. The fourth-order valence-electron chi connectivity index (χ4n) is 5.77. The Hall–Kier alpha value is -4.07. The highest BCUT2D eigenvalue weighted by Crippen LogP contribution is 2.30. The summed E-state index contributed by atoms with van der Waals surface area (Å²) in [7, 11) is 0. The largest absolute Gasteiger partial charge is 0.494 e. The van der Waals surface area contributed by atoms with Crippen LogP contribution in [0.25, 0.3) is 16.8 Å². The van der Waals surface area contributed by atoms with E-state index in [9.17, 15) is 4.79 Å². The van der Waals surface area contributed by atoms with E-state index in [1.54, 1.807) is 0 Å². The van der Waals surface area contributed by atoms with Crippen molar-refractivity contribution in [3.05, 3.63) is 73.1 Å². The number of piperazine rings is 1. The zero-order valence-corrected chi connectivity index (χ0v) is 23.3. The third-order valence-corrected chi connectivity index (χ3v) is 8.14. The lowest BCUT2D eigenvalue weighted by molar-refractivity contribution is -0.136. The van der Waals surface area contributed by atoms with E-state index in [2.05, 4.69) is 64.1 Å². The van der Waals surface area contributed by atoms with Gasteiger partial charge in [0, 0.05) is 68.8 Å². The molecule has 6 rings (SSSR count). The molecule has 40 heavy (non-hydrogen) atoms. The number of nitrogens with zero attached hydrogens (tertiary/aromatic N) is 6. The summed E-state index contributed by atoms with van der Waals surface area (Å²) in [4.78, 5) is 24.8. The predicted octanol–water partition coefficient (Wildman–Crippen LogP) is 5.14. The molecule has 8 heteroatoms. The number of benzene rings is 2. The van der Waals surface area contributed by atoms with Gasteiger partial charge in [0.1, 0.15) is 11.3 Å². The van der Waals surface area contributed by atoms with Crippen molar-refractivity contribution in [2.75, 3.05) is 55.7 Å². The first-order valence-corrected chi connectivity index (χ1v) is 14.6. The molecule has 0 saturated carbocycles. The van der Waals surface area contributed by atoms with Gasteiger partial charge in [-0.2, -0.15) is 5.10 Å². The number of hydrogen-bond donors (Lipinski definition) is 0. The van der Waals surface area contributed by atoms with Gasteiger partial charge in [-0.05, 0) is 61.7 Å². The Morgan fingerprint density at radius 1 is 0.925 bits per heavy atom. The molecule has 2 fully saturated rings. The number of unbranched alkanes of at least 4 members (excludes halogenated alkanes) is 1. The lowest BCUT2D eigenvalue weighted by Gasteiger charge is -2.39. The minimum absolute atomic E-state index is 0.0813. The Morgan fingerprint density at radius 2 is 1.68 bits per heavy atom. The van der Waals surface area contributed by atoms with E-state index in [-0.39, 0.29) is 5.92 Å². The Morgan fingerprint density at radius 3 is 2.40 bits per heavy atom. The van der Waals surface area contributed by atoms with Crippen molar-refractivity contribution in [3.63, 3.8) is 0 Å². The maximum absolute atomic E-state index is 13.4. The van der Waals surface area contributed by atoms with E-state index in [0.29, 0.717) is 5.91 Å². The lowest BCUT2D eigenvalue weighted by Crippen LogP contribution is -2.51. The molecule has 0 radical (unpaired) electrons. The van der Waals surface area contributed by atoms with Gasteiger partial charge in [-0.25, -0.2) is 9.50 Å². The second-order valence-corrected chi connectivity index (χ2v) is 10.7. The molecule has 0 unspecified atom stereocenters. The number of amides is 1. The Bertz CT molecular complexity index is 1400. The molecular weight excluding hydrogens is 500 g/mol. The first-order chi connectivity index (χ1) is 19.7. The molecule has 0 aliphatic carbocycles. The molecule has 2 aromatic heterocycles. The summed E-state index contributed by atoms with van der Waals surface area (Å²) in [5.41, 5.74) is 4.19. The third kappa shape index (κ3) is 5.62. The minimum atomic E-state index is 0.0813. The maximum Gasteiger partial charge on any atom is 0.225 e. The molecule has 4 heterocycles. The SMILES string of the molecule is CCCCOc1ccc(-c2cc3c(N4CCC(C(=O)N5CCN(c6ccccc6)CC5)CC4)nccn3n2)cc1. The van der Waals surface area contributed by atoms with Crippen molar-refractivity contribution in [1.82, 2.24) is 19.5 Å². The predicted molar refractivity (Wildman–Crippen MR) is 159 cm³/mol. The van der Waals surface area contributed by atoms with Crippen LogP contribution in [0.1, 0.15) is 32.6 Å². The van der Waals surface area contributed by atoms with Gasteiger partial charge in [0.05, 0.1) is 12.3 Å². The number of anilines is 2. The first-order valence-electron chi connectivity index (χ1n) is 14.6. The average Bonchev–Trinajstić information content (AvgIpc) is 3.47. The Balaban J connectivity index is 1.07. The molecule has 2 aromatic carbocycles. The van der Waals surface area contributed by atoms with Gasteiger partial charge in [-0.3, -0.25) is 4.79 Å². The van der Waals surface area contributed by atoms with Crippen LogP contribution in [-0.2, 0) is 4.79 Å². The molecule has 8 nitrogen and oxygen atoms in total. The molecule has 0 atom stereocenters. The monoisotopic (exact) mass is 538 g/mol. The number of carbonyl (C=O) groups excluding carboxylic acids is 1. The molecule has 1 amide bonds. The van der Waals surface area contributed by atoms with Crippen LogP contribution in [0.15, 0.2) is 73.1 Å². The van der Waals surface area contributed by atoms with E-state index < -0.39 is 0 Å². The van der Waals surface area contributed by atoms with Crippen molar-refractivity contribution in [2.45, 2.75) is 32.6 Å². The number of rotatable bonds is 8. The van der Waals surface area contributed by atoms with Crippen molar-refractivity contribution in [1.29, 1.82) is 0 Å². The van der Waals surface area contributed by atoms with Gasteiger partial charge in [-0.1, -0.05) is 31.5 Å². The molecular formula is C32H38N6O2. The first kappa shape index (κ1) is 26.2. The van der Waals surface area contributed by atoms with Crippen LogP contribution in [0.3, 0.4) is 0 Å². The molecule has 0 spiro atoms. The van der Waals surface area contributed by atoms with Crippen LogP contribution in [0, 0.1) is 5.92 Å². The summed E-state index contributed by atoms with van der Waals surface area (Å²) in [5.74, 6) is 2.21. The van der Waals surface area contributed by atoms with Crippen molar-refractivity contribution in [3.8, 4) is 17.0 Å². The van der Waals surface area contributed by atoms with E-state index in [0.717, 1.165) is 99.9 Å². The lowest BCUT2D eigenvalue weighted by atomic mass is 9.95. The number of hydrogen-bond acceptors (Lipinski definition) is 6. The average molecular weight is 539 g/mol. The normalized spacial score (nSPS) is 16.5. The zero-order valence-electron chi connectivity index (χ0n) is 23.3. The van der Waals surface area contributed by atoms with E-state index in [4.69, 9.17) is 14.8 Å². The van der Waals surface area contributed by atoms with Gasteiger partial charge in [0.2, 0.25) is 5.91 Å². The molecule has 2 aliphatic rings. The van der Waals surface area contributed by atoms with Crippen molar-refractivity contribution in [2.24, 2.45) is 5.92 Å². The molecule has 0 N–H and O–H groups in total. The van der Waals surface area contributed by atoms with Crippen LogP contribution >= 0.6 is 0 Å². The van der Waals surface area contributed by atoms with Gasteiger partial charge in [0.25, 0.3) is 0 Å². The summed E-state index contributed by atoms with van der Waals surface area (Å²) < 4.78 is 7.72. The van der Waals surface area contributed by atoms with Gasteiger partial charge in [-0.15, -0.1) is 0 Å². The van der Waals surface area contributed by atoms with Crippen LogP contribution in [0.2, 0.25) is 0 Å². The third-order valence-electron chi connectivity index (χ3n) is 8.14. The number of piperidine rings is 1. The van der Waals surface area contributed by atoms with Gasteiger partial charge >= 0.3 is 0 Å². The van der Waals surface area contributed by atoms with Crippen LogP contribution in [-0.4, -0.2) is 71.3 Å². The standard InChI is InChI=1S/C32H38N6O2/c1-2-3-23-40-28-11-9-25(10-12-28)29-24-30-31(33-15-18-38(30)34-29)36-16-13-26(14-17-36)32(39)37-21-19-35(20-22-37)27-7-5-4-6-8-27/h4-12,15,18,24,26H,2-3,13-14,16-17,19-23H2,1H3. The molecule has 0 bridgehead atoms. The smallest absolute Gasteiger partial charge is 0.225 e. The number of aromatic nitrogens is 3. The molecule has 2 saturated heterocycles. The Kier molecular flexibility index (Phi) is 7.84. The van der Waals surface area contributed by atoms with E-state index in [1.807, 2.05) is 35.1 Å². The van der Waals surface area contributed by atoms with Crippen LogP contribution in [0.5, 0.6) is 5.75 Å². The summed E-state index contributed by atoms with van der Waals surface area (Å²) in [6, 6.07) is 20.7. The fourth-order valence-corrected chi connectivity index (χ4v) is 5.77. The Labute approximate surface area is 236 Å². The van der Waals surface area contributed by atoms with Crippen molar-refractivity contribution >= 4 is 22.9 Å². The number of para-hydroxylation sites is 1. The molecule has 4 aromatic rings.